The zero-order chi connectivity index (χ0) is 19.2. The molecule has 0 aromatic heterocycles. The standard InChI is InChI=1S/C20H26N2O3S/c1-4-17-9-11-19(12-10-17)22(26(3,24)25)14-13-21-20(23)15-18-8-6-5-7-16(18)2/h5-12H,4,13-15H2,1-3H3,(H,21,23). The van der Waals surface area contributed by atoms with Gasteiger partial charge in [-0.25, -0.2) is 8.42 Å². The van der Waals surface area contributed by atoms with E-state index < -0.39 is 10.0 Å². The SMILES string of the molecule is CCc1ccc(N(CCNC(=O)Cc2ccccc2C)S(C)(=O)=O)cc1. The number of carbonyl (C=O) groups is 1. The van der Waals surface area contributed by atoms with Gasteiger partial charge in [-0.3, -0.25) is 9.10 Å². The predicted molar refractivity (Wildman–Crippen MR) is 106 cm³/mol. The number of hydrogen-bond donors (Lipinski definition) is 1. The zero-order valence-corrected chi connectivity index (χ0v) is 16.3. The molecule has 26 heavy (non-hydrogen) atoms. The topological polar surface area (TPSA) is 66.5 Å². The number of nitrogens with one attached hydrogen (secondary N) is 1. The van der Waals surface area contributed by atoms with Crippen molar-refractivity contribution in [1.29, 1.82) is 0 Å². The van der Waals surface area contributed by atoms with E-state index in [1.807, 2.05) is 50.2 Å². The molecule has 0 heterocycles. The van der Waals surface area contributed by atoms with Gasteiger partial charge in [-0.15, -0.1) is 0 Å². The number of hydrogen-bond acceptors (Lipinski definition) is 3. The van der Waals surface area contributed by atoms with Gasteiger partial charge in [0.15, 0.2) is 0 Å². The van der Waals surface area contributed by atoms with Crippen LogP contribution in [0.25, 0.3) is 0 Å². The van der Waals surface area contributed by atoms with E-state index in [4.69, 9.17) is 0 Å². The molecule has 0 aliphatic rings. The normalized spacial score (nSPS) is 11.2. The van der Waals surface area contributed by atoms with E-state index in [1.54, 1.807) is 12.1 Å². The van der Waals surface area contributed by atoms with Crippen LogP contribution < -0.4 is 9.62 Å². The summed E-state index contributed by atoms with van der Waals surface area (Å²) in [6.45, 7) is 4.47. The Kier molecular flexibility index (Phi) is 6.80. The van der Waals surface area contributed by atoms with Crippen LogP contribution >= 0.6 is 0 Å². The maximum absolute atomic E-state index is 12.1. The third-order valence-electron chi connectivity index (χ3n) is 4.28. The van der Waals surface area contributed by atoms with Crippen molar-refractivity contribution in [3.05, 3.63) is 65.2 Å². The number of nitrogens with zero attached hydrogens (tertiary/aromatic N) is 1. The van der Waals surface area contributed by atoms with Gasteiger partial charge in [0.1, 0.15) is 0 Å². The van der Waals surface area contributed by atoms with Gasteiger partial charge < -0.3 is 5.32 Å². The summed E-state index contributed by atoms with van der Waals surface area (Å²) in [5.41, 5.74) is 3.79. The number of benzene rings is 2. The van der Waals surface area contributed by atoms with Crippen LogP contribution in [0.3, 0.4) is 0 Å². The summed E-state index contributed by atoms with van der Waals surface area (Å²) >= 11 is 0. The molecule has 0 unspecified atom stereocenters. The molecule has 2 aromatic carbocycles. The molecule has 140 valence electrons. The fraction of sp³-hybridized carbons (Fsp3) is 0.350. The smallest absolute Gasteiger partial charge is 0.232 e. The Morgan fingerprint density at radius 3 is 2.31 bits per heavy atom. The van der Waals surface area contributed by atoms with Crippen LogP contribution in [0.2, 0.25) is 0 Å². The molecule has 0 saturated heterocycles. The van der Waals surface area contributed by atoms with E-state index in [1.165, 1.54) is 10.6 Å². The van der Waals surface area contributed by atoms with Crippen LogP contribution in [0.15, 0.2) is 48.5 Å². The van der Waals surface area contributed by atoms with Crippen LogP contribution in [0.1, 0.15) is 23.6 Å². The highest BCUT2D eigenvalue weighted by molar-refractivity contribution is 7.92. The minimum atomic E-state index is -3.42. The van der Waals surface area contributed by atoms with Gasteiger partial charge in [0.25, 0.3) is 0 Å². The Morgan fingerprint density at radius 2 is 1.73 bits per heavy atom. The highest BCUT2D eigenvalue weighted by atomic mass is 32.2. The molecular formula is C20H26N2O3S. The Bertz CT molecular complexity index is 846. The maximum Gasteiger partial charge on any atom is 0.232 e. The molecule has 0 bridgehead atoms. The van der Waals surface area contributed by atoms with E-state index in [0.29, 0.717) is 5.69 Å². The van der Waals surface area contributed by atoms with Gasteiger partial charge in [-0.05, 0) is 42.2 Å². The first-order valence-corrected chi connectivity index (χ1v) is 10.5. The number of sulfonamides is 1. The van der Waals surface area contributed by atoms with E-state index in [2.05, 4.69) is 5.32 Å². The van der Waals surface area contributed by atoms with Crippen molar-refractivity contribution in [2.75, 3.05) is 23.7 Å². The molecule has 0 aliphatic carbocycles. The third kappa shape index (κ3) is 5.59. The van der Waals surface area contributed by atoms with Gasteiger partial charge in [0.2, 0.25) is 15.9 Å². The number of carbonyl (C=O) groups excluding carboxylic acids is 1. The minimum absolute atomic E-state index is 0.117. The molecular weight excluding hydrogens is 348 g/mol. The van der Waals surface area contributed by atoms with Crippen LogP contribution in [0.5, 0.6) is 0 Å². The predicted octanol–water partition coefficient (Wildman–Crippen LogP) is 2.68. The van der Waals surface area contributed by atoms with Crippen molar-refractivity contribution in [1.82, 2.24) is 5.32 Å². The Hall–Kier alpha value is -2.34. The van der Waals surface area contributed by atoms with Gasteiger partial charge in [-0.2, -0.15) is 0 Å². The summed E-state index contributed by atoms with van der Waals surface area (Å²) in [5, 5.41) is 2.81. The summed E-state index contributed by atoms with van der Waals surface area (Å²) in [6.07, 6.45) is 2.36. The Morgan fingerprint density at radius 1 is 1.08 bits per heavy atom. The molecule has 6 heteroatoms. The van der Waals surface area contributed by atoms with Gasteiger partial charge in [0.05, 0.1) is 24.9 Å². The van der Waals surface area contributed by atoms with Gasteiger partial charge in [0, 0.05) is 6.54 Å². The summed E-state index contributed by atoms with van der Waals surface area (Å²) in [5.74, 6) is -0.117. The van der Waals surface area contributed by atoms with Crippen LogP contribution in [0, 0.1) is 6.92 Å². The molecule has 0 atom stereocenters. The molecule has 5 nitrogen and oxygen atoms in total. The first kappa shape index (κ1) is 20.0. The lowest BCUT2D eigenvalue weighted by atomic mass is 10.1. The molecule has 0 fully saturated rings. The second kappa shape index (κ2) is 8.85. The Balaban J connectivity index is 1.97. The monoisotopic (exact) mass is 374 g/mol. The first-order valence-electron chi connectivity index (χ1n) is 8.69. The molecule has 2 aromatic rings. The van der Waals surface area contributed by atoms with E-state index in [0.717, 1.165) is 23.1 Å². The van der Waals surface area contributed by atoms with Gasteiger partial charge in [-0.1, -0.05) is 43.3 Å². The van der Waals surface area contributed by atoms with Crippen molar-refractivity contribution in [2.45, 2.75) is 26.7 Å². The van der Waals surface area contributed by atoms with Crippen molar-refractivity contribution in [3.8, 4) is 0 Å². The molecule has 0 spiro atoms. The van der Waals surface area contributed by atoms with Crippen molar-refractivity contribution in [3.63, 3.8) is 0 Å². The van der Waals surface area contributed by atoms with E-state index in [-0.39, 0.29) is 25.4 Å². The molecule has 0 radical (unpaired) electrons. The number of rotatable bonds is 8. The zero-order valence-electron chi connectivity index (χ0n) is 15.5. The maximum atomic E-state index is 12.1. The van der Waals surface area contributed by atoms with E-state index >= 15 is 0 Å². The molecule has 2 rings (SSSR count). The number of anilines is 1. The lowest BCUT2D eigenvalue weighted by Gasteiger charge is -2.23. The highest BCUT2D eigenvalue weighted by Gasteiger charge is 2.17. The Labute approximate surface area is 156 Å². The highest BCUT2D eigenvalue weighted by Crippen LogP contribution is 2.18. The largest absolute Gasteiger partial charge is 0.354 e. The average molecular weight is 375 g/mol. The molecule has 1 N–H and O–H groups in total. The van der Waals surface area contributed by atoms with Crippen LogP contribution in [-0.4, -0.2) is 33.7 Å². The average Bonchev–Trinajstić information content (AvgIpc) is 2.60. The quantitative estimate of drug-likeness (QED) is 0.772. The fourth-order valence-corrected chi connectivity index (χ4v) is 3.65. The molecule has 0 saturated carbocycles. The van der Waals surface area contributed by atoms with Crippen molar-refractivity contribution in [2.24, 2.45) is 0 Å². The summed E-state index contributed by atoms with van der Waals surface area (Å²) in [6, 6.07) is 15.2. The summed E-state index contributed by atoms with van der Waals surface area (Å²) < 4.78 is 25.5. The molecule has 0 aliphatic heterocycles. The van der Waals surface area contributed by atoms with Crippen molar-refractivity contribution >= 4 is 21.6 Å². The van der Waals surface area contributed by atoms with Gasteiger partial charge >= 0.3 is 0 Å². The summed E-state index contributed by atoms with van der Waals surface area (Å²) in [4.78, 5) is 12.1. The number of aryl methyl sites for hydroxylation is 2. The molecule has 1 amide bonds. The minimum Gasteiger partial charge on any atom is -0.354 e. The van der Waals surface area contributed by atoms with Crippen molar-refractivity contribution < 1.29 is 13.2 Å². The second-order valence-electron chi connectivity index (χ2n) is 6.31. The van der Waals surface area contributed by atoms with Crippen LogP contribution in [-0.2, 0) is 27.7 Å². The lowest BCUT2D eigenvalue weighted by Crippen LogP contribution is -2.38. The lowest BCUT2D eigenvalue weighted by molar-refractivity contribution is -0.120. The van der Waals surface area contributed by atoms with Crippen LogP contribution in [0.4, 0.5) is 5.69 Å². The van der Waals surface area contributed by atoms with E-state index in [9.17, 15) is 13.2 Å². The summed E-state index contributed by atoms with van der Waals surface area (Å²) in [7, 11) is -3.42. The number of amides is 1. The first-order chi connectivity index (χ1) is 12.3. The fourth-order valence-electron chi connectivity index (χ4n) is 2.73. The second-order valence-corrected chi connectivity index (χ2v) is 8.22. The third-order valence-corrected chi connectivity index (χ3v) is 5.48.